The van der Waals surface area contributed by atoms with Gasteiger partial charge in [0.15, 0.2) is 0 Å². The number of alkyl carbamates (subject to hydrolysis) is 1. The Morgan fingerprint density at radius 2 is 1.74 bits per heavy atom. The van der Waals surface area contributed by atoms with Gasteiger partial charge < -0.3 is 20.3 Å². The highest BCUT2D eigenvalue weighted by atomic mass is 16.6. The molecular weight excluding hydrogens is 342 g/mol. The van der Waals surface area contributed by atoms with Gasteiger partial charge in [0.2, 0.25) is 5.91 Å². The summed E-state index contributed by atoms with van der Waals surface area (Å²) in [5.41, 5.74) is 1.70. The lowest BCUT2D eigenvalue weighted by atomic mass is 9.98. The number of hydrogen-bond acceptors (Lipinski definition) is 4. The van der Waals surface area contributed by atoms with Crippen LogP contribution in [0.25, 0.3) is 0 Å². The predicted octanol–water partition coefficient (Wildman–Crippen LogP) is 3.35. The zero-order valence-corrected chi connectivity index (χ0v) is 17.8. The van der Waals surface area contributed by atoms with Crippen LogP contribution in [0.15, 0.2) is 24.3 Å². The second-order valence-corrected chi connectivity index (χ2v) is 8.11. The van der Waals surface area contributed by atoms with Crippen molar-refractivity contribution in [3.8, 4) is 0 Å². The van der Waals surface area contributed by atoms with Crippen molar-refractivity contribution in [2.75, 3.05) is 25.5 Å². The summed E-state index contributed by atoms with van der Waals surface area (Å²) in [5.74, 6) is -0.169. The van der Waals surface area contributed by atoms with E-state index < -0.39 is 17.7 Å². The average Bonchev–Trinajstić information content (AvgIpc) is 2.57. The maximum absolute atomic E-state index is 12.6. The molecule has 0 aromatic heterocycles. The van der Waals surface area contributed by atoms with Crippen LogP contribution in [-0.2, 0) is 16.0 Å². The van der Waals surface area contributed by atoms with Crippen LogP contribution in [0, 0.1) is 5.92 Å². The number of ether oxygens (including phenoxy) is 1. The summed E-state index contributed by atoms with van der Waals surface area (Å²) in [5, 5.41) is 5.65. The van der Waals surface area contributed by atoms with Gasteiger partial charge >= 0.3 is 6.09 Å². The van der Waals surface area contributed by atoms with Gasteiger partial charge in [0.1, 0.15) is 11.6 Å². The third-order valence-corrected chi connectivity index (χ3v) is 4.33. The minimum Gasteiger partial charge on any atom is -0.444 e. The molecule has 2 atom stereocenters. The molecule has 152 valence electrons. The lowest BCUT2D eigenvalue weighted by Gasteiger charge is -2.26. The van der Waals surface area contributed by atoms with E-state index in [1.54, 1.807) is 20.8 Å². The van der Waals surface area contributed by atoms with E-state index in [1.165, 1.54) is 0 Å². The number of nitrogens with one attached hydrogen (secondary N) is 2. The van der Waals surface area contributed by atoms with Crippen molar-refractivity contribution in [2.24, 2.45) is 5.92 Å². The highest BCUT2D eigenvalue weighted by molar-refractivity contribution is 5.86. The zero-order valence-electron chi connectivity index (χ0n) is 17.8. The van der Waals surface area contributed by atoms with Crippen LogP contribution in [0.3, 0.4) is 0 Å². The molecule has 2 amide bonds. The molecule has 0 aliphatic rings. The lowest BCUT2D eigenvalue weighted by molar-refractivity contribution is -0.124. The van der Waals surface area contributed by atoms with Crippen molar-refractivity contribution < 1.29 is 14.3 Å². The summed E-state index contributed by atoms with van der Waals surface area (Å²) >= 11 is 0. The van der Waals surface area contributed by atoms with Gasteiger partial charge in [-0.3, -0.25) is 4.79 Å². The van der Waals surface area contributed by atoms with Crippen molar-refractivity contribution >= 4 is 17.7 Å². The van der Waals surface area contributed by atoms with Crippen molar-refractivity contribution in [3.63, 3.8) is 0 Å². The molecule has 0 heterocycles. The van der Waals surface area contributed by atoms with E-state index in [4.69, 9.17) is 4.74 Å². The normalized spacial score (nSPS) is 13.4. The Kier molecular flexibility index (Phi) is 8.60. The Labute approximate surface area is 163 Å². The SMILES string of the molecule is CCC(C)C(NC(=O)OC(C)(C)C)C(=O)NCCc1ccc(N(C)C)cc1. The standard InChI is InChI=1S/C21H35N3O3/c1-8-15(2)18(23-20(26)27-21(3,4)5)19(25)22-14-13-16-9-11-17(12-10-16)24(6)7/h9-12,15,18H,8,13-14H2,1-7H3,(H,22,25)(H,23,26). The first-order valence-electron chi connectivity index (χ1n) is 9.57. The van der Waals surface area contributed by atoms with Crippen molar-refractivity contribution in [2.45, 2.75) is 59.1 Å². The number of benzene rings is 1. The summed E-state index contributed by atoms with van der Waals surface area (Å²) in [6, 6.07) is 7.63. The third-order valence-electron chi connectivity index (χ3n) is 4.33. The van der Waals surface area contributed by atoms with E-state index in [-0.39, 0.29) is 11.8 Å². The van der Waals surface area contributed by atoms with Crippen LogP contribution in [-0.4, -0.2) is 44.3 Å². The van der Waals surface area contributed by atoms with Gasteiger partial charge in [-0.05, 0) is 50.8 Å². The molecule has 0 saturated heterocycles. The van der Waals surface area contributed by atoms with Gasteiger partial charge in [0.05, 0.1) is 0 Å². The number of amides is 2. The number of carbonyl (C=O) groups excluding carboxylic acids is 2. The topological polar surface area (TPSA) is 70.7 Å². The van der Waals surface area contributed by atoms with E-state index in [0.29, 0.717) is 6.54 Å². The minimum atomic E-state index is -0.610. The van der Waals surface area contributed by atoms with E-state index in [1.807, 2.05) is 32.8 Å². The predicted molar refractivity (Wildman–Crippen MR) is 110 cm³/mol. The fourth-order valence-electron chi connectivity index (χ4n) is 2.54. The van der Waals surface area contributed by atoms with Gasteiger partial charge in [0, 0.05) is 26.3 Å². The highest BCUT2D eigenvalue weighted by Gasteiger charge is 2.27. The van der Waals surface area contributed by atoms with Crippen molar-refractivity contribution in [1.29, 1.82) is 0 Å². The molecule has 6 heteroatoms. The minimum absolute atomic E-state index is 0.0110. The van der Waals surface area contributed by atoms with Crippen LogP contribution in [0.1, 0.15) is 46.6 Å². The Hall–Kier alpha value is -2.24. The first kappa shape index (κ1) is 22.8. The van der Waals surface area contributed by atoms with Crippen LogP contribution >= 0.6 is 0 Å². The molecule has 1 aromatic rings. The second-order valence-electron chi connectivity index (χ2n) is 8.11. The zero-order chi connectivity index (χ0) is 20.6. The summed E-state index contributed by atoms with van der Waals surface area (Å²) in [6.45, 7) is 9.85. The average molecular weight is 378 g/mol. The smallest absolute Gasteiger partial charge is 0.408 e. The fraction of sp³-hybridized carbons (Fsp3) is 0.619. The van der Waals surface area contributed by atoms with Crippen LogP contribution in [0.4, 0.5) is 10.5 Å². The monoisotopic (exact) mass is 377 g/mol. The van der Waals surface area contributed by atoms with Gasteiger partial charge in [0.25, 0.3) is 0 Å². The number of carbonyl (C=O) groups is 2. The third kappa shape index (κ3) is 8.33. The molecule has 0 bridgehead atoms. The first-order chi connectivity index (χ1) is 12.5. The van der Waals surface area contributed by atoms with E-state index in [2.05, 4.69) is 34.9 Å². The Balaban J connectivity index is 2.59. The summed E-state index contributed by atoms with van der Waals surface area (Å²) < 4.78 is 5.28. The number of rotatable bonds is 8. The Bertz CT molecular complexity index is 606. The quantitative estimate of drug-likeness (QED) is 0.729. The maximum atomic E-state index is 12.6. The molecule has 1 aromatic carbocycles. The van der Waals surface area contributed by atoms with E-state index in [0.717, 1.165) is 24.1 Å². The molecule has 1 rings (SSSR count). The molecule has 0 spiro atoms. The van der Waals surface area contributed by atoms with Crippen LogP contribution < -0.4 is 15.5 Å². The first-order valence-corrected chi connectivity index (χ1v) is 9.57. The molecule has 0 aliphatic carbocycles. The largest absolute Gasteiger partial charge is 0.444 e. The molecular formula is C21H35N3O3. The molecule has 27 heavy (non-hydrogen) atoms. The molecule has 6 nitrogen and oxygen atoms in total. The van der Waals surface area contributed by atoms with Gasteiger partial charge in [-0.15, -0.1) is 0 Å². The lowest BCUT2D eigenvalue weighted by Crippen LogP contribution is -2.51. The number of hydrogen-bond donors (Lipinski definition) is 2. The highest BCUT2D eigenvalue weighted by Crippen LogP contribution is 2.13. The second kappa shape index (κ2) is 10.2. The summed E-state index contributed by atoms with van der Waals surface area (Å²) in [6.07, 6.45) is 0.946. The van der Waals surface area contributed by atoms with E-state index in [9.17, 15) is 9.59 Å². The van der Waals surface area contributed by atoms with Gasteiger partial charge in [-0.25, -0.2) is 4.79 Å². The molecule has 0 saturated carbocycles. The van der Waals surface area contributed by atoms with E-state index >= 15 is 0 Å². The van der Waals surface area contributed by atoms with Gasteiger partial charge in [-0.1, -0.05) is 32.4 Å². The maximum Gasteiger partial charge on any atom is 0.408 e. The summed E-state index contributed by atoms with van der Waals surface area (Å²) in [7, 11) is 4.00. The molecule has 2 N–H and O–H groups in total. The number of nitrogens with zero attached hydrogens (tertiary/aromatic N) is 1. The Morgan fingerprint density at radius 1 is 1.15 bits per heavy atom. The van der Waals surface area contributed by atoms with Gasteiger partial charge in [-0.2, -0.15) is 0 Å². The molecule has 0 fully saturated rings. The Morgan fingerprint density at radius 3 is 2.22 bits per heavy atom. The number of anilines is 1. The fourth-order valence-corrected chi connectivity index (χ4v) is 2.54. The molecule has 2 unspecified atom stereocenters. The van der Waals surface area contributed by atoms with Crippen LogP contribution in [0.2, 0.25) is 0 Å². The molecule has 0 radical (unpaired) electrons. The van der Waals surface area contributed by atoms with Crippen LogP contribution in [0.5, 0.6) is 0 Å². The van der Waals surface area contributed by atoms with Crippen molar-refractivity contribution in [3.05, 3.63) is 29.8 Å². The van der Waals surface area contributed by atoms with Crippen molar-refractivity contribution in [1.82, 2.24) is 10.6 Å². The summed E-state index contributed by atoms with van der Waals surface area (Å²) in [4.78, 5) is 26.7. The molecule has 0 aliphatic heterocycles.